The quantitative estimate of drug-likeness (QED) is 0.877. The number of halogens is 1. The fourth-order valence-electron chi connectivity index (χ4n) is 2.51. The van der Waals surface area contributed by atoms with Crippen molar-refractivity contribution >= 4 is 5.91 Å². The molecule has 104 valence electrons. The van der Waals surface area contributed by atoms with Crippen LogP contribution in [0.3, 0.4) is 0 Å². The second-order valence-electron chi connectivity index (χ2n) is 5.26. The Morgan fingerprint density at radius 1 is 1.32 bits per heavy atom. The van der Waals surface area contributed by atoms with Crippen molar-refractivity contribution < 1.29 is 9.18 Å². The lowest BCUT2D eigenvalue weighted by Gasteiger charge is -2.20. The van der Waals surface area contributed by atoms with Crippen LogP contribution in [0.1, 0.15) is 25.3 Å². The molecule has 2 N–H and O–H groups in total. The van der Waals surface area contributed by atoms with Gasteiger partial charge in [-0.05, 0) is 49.5 Å². The summed E-state index contributed by atoms with van der Waals surface area (Å²) in [5.41, 5.74) is 0.925. The van der Waals surface area contributed by atoms with E-state index in [1.54, 1.807) is 12.1 Å². The first-order valence-electron chi connectivity index (χ1n) is 6.89. The largest absolute Gasteiger partial charge is 0.352 e. The van der Waals surface area contributed by atoms with E-state index in [4.69, 9.17) is 0 Å². The molecule has 0 radical (unpaired) electrons. The third-order valence-electron chi connectivity index (χ3n) is 3.81. The molecule has 1 heterocycles. The van der Waals surface area contributed by atoms with Crippen LogP contribution in [0.2, 0.25) is 0 Å². The van der Waals surface area contributed by atoms with Gasteiger partial charge in [-0.1, -0.05) is 19.1 Å². The third kappa shape index (κ3) is 4.03. The molecule has 0 bridgehead atoms. The summed E-state index contributed by atoms with van der Waals surface area (Å²) in [5, 5.41) is 6.28. The van der Waals surface area contributed by atoms with Gasteiger partial charge in [0.05, 0.1) is 0 Å². The Bertz CT molecular complexity index is 419. The summed E-state index contributed by atoms with van der Waals surface area (Å²) in [6, 6.07) is 6.24. The molecular formula is C15H21FN2O. The van der Waals surface area contributed by atoms with Gasteiger partial charge in [-0.25, -0.2) is 4.39 Å². The van der Waals surface area contributed by atoms with Crippen LogP contribution in [0.4, 0.5) is 4.39 Å². The molecule has 1 aromatic rings. The molecule has 1 aliphatic rings. The normalized spacial score (nSPS) is 23.7. The van der Waals surface area contributed by atoms with Crippen molar-refractivity contribution in [1.82, 2.24) is 10.6 Å². The number of rotatable bonds is 3. The topological polar surface area (TPSA) is 41.1 Å². The summed E-state index contributed by atoms with van der Waals surface area (Å²) in [4.78, 5) is 12.2. The molecule has 19 heavy (non-hydrogen) atoms. The zero-order valence-corrected chi connectivity index (χ0v) is 11.3. The van der Waals surface area contributed by atoms with Crippen molar-refractivity contribution in [3.8, 4) is 0 Å². The molecule has 2 rings (SSSR count). The van der Waals surface area contributed by atoms with Crippen LogP contribution in [-0.2, 0) is 11.3 Å². The lowest BCUT2D eigenvalue weighted by atomic mass is 9.89. The average Bonchev–Trinajstić information content (AvgIpc) is 2.62. The van der Waals surface area contributed by atoms with Gasteiger partial charge in [0.1, 0.15) is 5.82 Å². The van der Waals surface area contributed by atoms with Crippen molar-refractivity contribution in [1.29, 1.82) is 0 Å². The minimum atomic E-state index is -0.251. The van der Waals surface area contributed by atoms with Crippen LogP contribution in [0, 0.1) is 17.7 Å². The summed E-state index contributed by atoms with van der Waals surface area (Å²) in [6.07, 6.45) is 1.92. The highest BCUT2D eigenvalue weighted by atomic mass is 19.1. The van der Waals surface area contributed by atoms with Gasteiger partial charge in [-0.3, -0.25) is 4.79 Å². The van der Waals surface area contributed by atoms with E-state index in [9.17, 15) is 9.18 Å². The molecule has 0 aliphatic carbocycles. The van der Waals surface area contributed by atoms with Gasteiger partial charge >= 0.3 is 0 Å². The second-order valence-corrected chi connectivity index (χ2v) is 5.26. The Morgan fingerprint density at radius 2 is 2.00 bits per heavy atom. The molecule has 2 atom stereocenters. The van der Waals surface area contributed by atoms with Gasteiger partial charge in [-0.2, -0.15) is 0 Å². The molecule has 1 fully saturated rings. The molecule has 3 nitrogen and oxygen atoms in total. The Balaban J connectivity index is 1.87. The highest BCUT2D eigenvalue weighted by Crippen LogP contribution is 2.21. The SMILES string of the molecule is C[C@H]1CCNCCC1C(=O)NCc1ccc(F)cc1. The van der Waals surface area contributed by atoms with E-state index >= 15 is 0 Å². The van der Waals surface area contributed by atoms with Crippen LogP contribution in [0.5, 0.6) is 0 Å². The van der Waals surface area contributed by atoms with Crippen LogP contribution in [-0.4, -0.2) is 19.0 Å². The minimum Gasteiger partial charge on any atom is -0.352 e. The van der Waals surface area contributed by atoms with Crippen molar-refractivity contribution in [2.45, 2.75) is 26.3 Å². The Morgan fingerprint density at radius 3 is 2.74 bits per heavy atom. The highest BCUT2D eigenvalue weighted by molar-refractivity contribution is 5.78. The first-order valence-corrected chi connectivity index (χ1v) is 6.89. The number of hydrogen-bond acceptors (Lipinski definition) is 2. The van der Waals surface area contributed by atoms with E-state index < -0.39 is 0 Å². The molecular weight excluding hydrogens is 243 g/mol. The number of hydrogen-bond donors (Lipinski definition) is 2. The maximum atomic E-state index is 12.8. The monoisotopic (exact) mass is 264 g/mol. The molecule has 0 saturated carbocycles. The summed E-state index contributed by atoms with van der Waals surface area (Å²) in [6.45, 7) is 4.49. The van der Waals surface area contributed by atoms with E-state index in [2.05, 4.69) is 17.6 Å². The zero-order valence-electron chi connectivity index (χ0n) is 11.3. The molecule has 1 unspecified atom stereocenters. The van der Waals surface area contributed by atoms with Gasteiger partial charge in [0.15, 0.2) is 0 Å². The first kappa shape index (κ1) is 14.0. The fraction of sp³-hybridized carbons (Fsp3) is 0.533. The summed E-state index contributed by atoms with van der Waals surface area (Å²) in [7, 11) is 0. The van der Waals surface area contributed by atoms with E-state index in [0.717, 1.165) is 31.5 Å². The predicted octanol–water partition coefficient (Wildman–Crippen LogP) is 2.08. The summed E-state index contributed by atoms with van der Waals surface area (Å²) >= 11 is 0. The molecule has 1 aliphatic heterocycles. The van der Waals surface area contributed by atoms with Gasteiger partial charge in [0, 0.05) is 12.5 Å². The molecule has 4 heteroatoms. The van der Waals surface area contributed by atoms with Crippen molar-refractivity contribution in [3.63, 3.8) is 0 Å². The van der Waals surface area contributed by atoms with E-state index in [1.807, 2.05) is 0 Å². The molecule has 1 saturated heterocycles. The van der Waals surface area contributed by atoms with Gasteiger partial charge in [0.25, 0.3) is 0 Å². The van der Waals surface area contributed by atoms with Gasteiger partial charge in [-0.15, -0.1) is 0 Å². The lowest BCUT2D eigenvalue weighted by Crippen LogP contribution is -2.34. The van der Waals surface area contributed by atoms with Crippen LogP contribution in [0.15, 0.2) is 24.3 Å². The number of carbonyl (C=O) groups excluding carboxylic acids is 1. The Labute approximate surface area is 113 Å². The van der Waals surface area contributed by atoms with Crippen molar-refractivity contribution in [2.24, 2.45) is 11.8 Å². The van der Waals surface area contributed by atoms with Crippen LogP contribution < -0.4 is 10.6 Å². The first-order chi connectivity index (χ1) is 9.16. The van der Waals surface area contributed by atoms with Gasteiger partial charge in [0.2, 0.25) is 5.91 Å². The van der Waals surface area contributed by atoms with E-state index in [0.29, 0.717) is 12.5 Å². The average molecular weight is 264 g/mol. The number of benzene rings is 1. The lowest BCUT2D eigenvalue weighted by molar-refractivity contribution is -0.126. The highest BCUT2D eigenvalue weighted by Gasteiger charge is 2.25. The summed E-state index contributed by atoms with van der Waals surface area (Å²) in [5.74, 6) is 0.345. The summed E-state index contributed by atoms with van der Waals surface area (Å²) < 4.78 is 12.8. The number of amides is 1. The minimum absolute atomic E-state index is 0.0791. The maximum Gasteiger partial charge on any atom is 0.223 e. The number of carbonyl (C=O) groups is 1. The van der Waals surface area contributed by atoms with E-state index in [-0.39, 0.29) is 17.6 Å². The van der Waals surface area contributed by atoms with Gasteiger partial charge < -0.3 is 10.6 Å². The Hall–Kier alpha value is -1.42. The fourth-order valence-corrected chi connectivity index (χ4v) is 2.51. The van der Waals surface area contributed by atoms with Crippen molar-refractivity contribution in [2.75, 3.05) is 13.1 Å². The molecule has 1 amide bonds. The van der Waals surface area contributed by atoms with Crippen molar-refractivity contribution in [3.05, 3.63) is 35.6 Å². The van der Waals surface area contributed by atoms with Crippen LogP contribution in [0.25, 0.3) is 0 Å². The molecule has 0 aromatic heterocycles. The van der Waals surface area contributed by atoms with E-state index in [1.165, 1.54) is 12.1 Å². The molecule has 0 spiro atoms. The molecule has 1 aromatic carbocycles. The van der Waals surface area contributed by atoms with Crippen LogP contribution >= 0.6 is 0 Å². The standard InChI is InChI=1S/C15H21FN2O/c1-11-6-8-17-9-7-14(11)15(19)18-10-12-2-4-13(16)5-3-12/h2-5,11,14,17H,6-10H2,1H3,(H,18,19)/t11-,14?/m0/s1. The third-order valence-corrected chi connectivity index (χ3v) is 3.81. The predicted molar refractivity (Wildman–Crippen MR) is 73.0 cm³/mol. The maximum absolute atomic E-state index is 12.8. The zero-order chi connectivity index (χ0) is 13.7. The number of nitrogens with one attached hydrogen (secondary N) is 2. The second kappa shape index (κ2) is 6.66. The Kier molecular flexibility index (Phi) is 4.91. The smallest absolute Gasteiger partial charge is 0.223 e.